The van der Waals surface area contributed by atoms with E-state index in [1.165, 1.54) is 0 Å². The molecule has 1 fully saturated rings. The maximum atomic E-state index is 13.1. The zero-order chi connectivity index (χ0) is 20.1. The lowest BCUT2D eigenvalue weighted by Gasteiger charge is -2.30. The highest BCUT2D eigenvalue weighted by Gasteiger charge is 2.43. The first-order valence-electron chi connectivity index (χ1n) is 9.87. The van der Waals surface area contributed by atoms with Crippen LogP contribution in [-0.2, 0) is 11.3 Å². The number of nitrogens with one attached hydrogen (secondary N) is 3. The first-order valence-corrected chi connectivity index (χ1v) is 9.87. The van der Waals surface area contributed by atoms with Crippen LogP contribution in [0.25, 0.3) is 0 Å². The predicted octanol–water partition coefficient (Wildman–Crippen LogP) is 3.89. The van der Waals surface area contributed by atoms with E-state index in [0.29, 0.717) is 19.4 Å². The number of carbonyl (C=O) groups excluding carboxylic acids is 2. The van der Waals surface area contributed by atoms with Gasteiger partial charge in [0.15, 0.2) is 0 Å². The standard InChI is InChI=1S/C22H29N3O3/c1-15-13-19(17(3)28-15)16(2)24-20(26)22(11-7-8-12-22)25-21(27)23-14-18-9-5-4-6-10-18/h4-6,9-10,13,16H,7-8,11-12,14H2,1-3H3,(H,24,26)(H2,23,25,27). The Morgan fingerprint density at radius 3 is 2.43 bits per heavy atom. The second-order valence-corrected chi connectivity index (χ2v) is 7.65. The molecule has 0 aliphatic heterocycles. The van der Waals surface area contributed by atoms with Gasteiger partial charge in [-0.15, -0.1) is 0 Å². The van der Waals surface area contributed by atoms with Gasteiger partial charge in [-0.25, -0.2) is 4.79 Å². The van der Waals surface area contributed by atoms with Crippen molar-refractivity contribution < 1.29 is 14.0 Å². The lowest BCUT2D eigenvalue weighted by atomic mass is 9.95. The second-order valence-electron chi connectivity index (χ2n) is 7.65. The Bertz CT molecular complexity index is 823. The Labute approximate surface area is 166 Å². The molecule has 150 valence electrons. The SMILES string of the molecule is Cc1cc(C(C)NC(=O)C2(NC(=O)NCc3ccccc3)CCCC2)c(C)o1. The molecule has 1 aromatic carbocycles. The maximum Gasteiger partial charge on any atom is 0.315 e. The van der Waals surface area contributed by atoms with Gasteiger partial charge in [-0.1, -0.05) is 43.2 Å². The quantitative estimate of drug-likeness (QED) is 0.708. The van der Waals surface area contributed by atoms with Crippen LogP contribution in [0.1, 0.15) is 61.3 Å². The van der Waals surface area contributed by atoms with Gasteiger partial charge in [0.1, 0.15) is 17.1 Å². The van der Waals surface area contributed by atoms with Crippen LogP contribution in [0.3, 0.4) is 0 Å². The summed E-state index contributed by atoms with van der Waals surface area (Å²) in [4.78, 5) is 25.6. The van der Waals surface area contributed by atoms with Crippen molar-refractivity contribution in [1.29, 1.82) is 0 Å². The van der Waals surface area contributed by atoms with Gasteiger partial charge in [0.25, 0.3) is 0 Å². The van der Waals surface area contributed by atoms with Crippen LogP contribution in [0.2, 0.25) is 0 Å². The van der Waals surface area contributed by atoms with E-state index in [1.807, 2.05) is 57.2 Å². The molecule has 0 saturated heterocycles. The molecule has 1 aromatic heterocycles. The van der Waals surface area contributed by atoms with Crippen LogP contribution >= 0.6 is 0 Å². The molecule has 1 aliphatic rings. The molecule has 0 spiro atoms. The molecule has 6 nitrogen and oxygen atoms in total. The average Bonchev–Trinajstić information content (AvgIpc) is 3.27. The van der Waals surface area contributed by atoms with Crippen LogP contribution in [0, 0.1) is 13.8 Å². The Hall–Kier alpha value is -2.76. The maximum absolute atomic E-state index is 13.1. The number of benzene rings is 1. The number of aryl methyl sites for hydroxylation is 2. The third-order valence-corrected chi connectivity index (χ3v) is 5.43. The topological polar surface area (TPSA) is 83.4 Å². The van der Waals surface area contributed by atoms with Gasteiger partial charge in [0.2, 0.25) is 5.91 Å². The van der Waals surface area contributed by atoms with Crippen molar-refractivity contribution >= 4 is 11.9 Å². The minimum absolute atomic E-state index is 0.134. The molecule has 3 N–H and O–H groups in total. The first kappa shape index (κ1) is 20.0. The summed E-state index contributed by atoms with van der Waals surface area (Å²) in [6.45, 7) is 6.15. The Balaban J connectivity index is 1.63. The minimum Gasteiger partial charge on any atom is -0.466 e. The zero-order valence-electron chi connectivity index (χ0n) is 16.8. The third kappa shape index (κ3) is 4.55. The predicted molar refractivity (Wildman–Crippen MR) is 108 cm³/mol. The van der Waals surface area contributed by atoms with E-state index in [9.17, 15) is 9.59 Å². The smallest absolute Gasteiger partial charge is 0.315 e. The van der Waals surface area contributed by atoms with Gasteiger partial charge >= 0.3 is 6.03 Å². The molecule has 0 radical (unpaired) electrons. The molecule has 6 heteroatoms. The number of urea groups is 1. The van der Waals surface area contributed by atoms with E-state index in [0.717, 1.165) is 35.5 Å². The largest absolute Gasteiger partial charge is 0.466 e. The molecule has 1 atom stereocenters. The first-order chi connectivity index (χ1) is 13.4. The zero-order valence-corrected chi connectivity index (χ0v) is 16.8. The van der Waals surface area contributed by atoms with Gasteiger partial charge < -0.3 is 20.4 Å². The van der Waals surface area contributed by atoms with Crippen LogP contribution in [-0.4, -0.2) is 17.5 Å². The number of furan rings is 1. The fraction of sp³-hybridized carbons (Fsp3) is 0.455. The molecule has 1 unspecified atom stereocenters. The van der Waals surface area contributed by atoms with Gasteiger partial charge in [0, 0.05) is 12.1 Å². The molecule has 1 aliphatic carbocycles. The van der Waals surface area contributed by atoms with Crippen molar-refractivity contribution in [2.75, 3.05) is 0 Å². The van der Waals surface area contributed by atoms with Gasteiger partial charge in [0.05, 0.1) is 6.04 Å². The van der Waals surface area contributed by atoms with E-state index in [4.69, 9.17) is 4.42 Å². The second kappa shape index (κ2) is 8.50. The number of amides is 3. The monoisotopic (exact) mass is 383 g/mol. The highest BCUT2D eigenvalue weighted by Crippen LogP contribution is 2.31. The molecule has 1 saturated carbocycles. The Morgan fingerprint density at radius 2 is 1.82 bits per heavy atom. The number of hydrogen-bond acceptors (Lipinski definition) is 3. The van der Waals surface area contributed by atoms with Crippen molar-refractivity contribution in [2.45, 2.75) is 64.6 Å². The summed E-state index contributed by atoms with van der Waals surface area (Å²) in [5, 5.41) is 8.88. The van der Waals surface area contributed by atoms with E-state index in [2.05, 4.69) is 16.0 Å². The number of rotatable bonds is 6. The van der Waals surface area contributed by atoms with Gasteiger partial charge in [-0.2, -0.15) is 0 Å². The fourth-order valence-electron chi connectivity index (χ4n) is 3.92. The number of carbonyl (C=O) groups is 2. The summed E-state index contributed by atoms with van der Waals surface area (Å²) in [5.41, 5.74) is 1.12. The highest BCUT2D eigenvalue weighted by atomic mass is 16.3. The summed E-state index contributed by atoms with van der Waals surface area (Å²) in [6.07, 6.45) is 3.14. The molecule has 28 heavy (non-hydrogen) atoms. The van der Waals surface area contributed by atoms with Crippen molar-refractivity contribution in [2.24, 2.45) is 0 Å². The van der Waals surface area contributed by atoms with Crippen molar-refractivity contribution in [3.05, 3.63) is 59.0 Å². The van der Waals surface area contributed by atoms with Crippen molar-refractivity contribution in [1.82, 2.24) is 16.0 Å². The van der Waals surface area contributed by atoms with Crippen LogP contribution in [0.5, 0.6) is 0 Å². The summed E-state index contributed by atoms with van der Waals surface area (Å²) in [7, 11) is 0. The number of hydrogen-bond donors (Lipinski definition) is 3. The molecule has 2 aromatic rings. The van der Waals surface area contributed by atoms with Crippen LogP contribution < -0.4 is 16.0 Å². The highest BCUT2D eigenvalue weighted by molar-refractivity contribution is 5.91. The molecule has 1 heterocycles. The minimum atomic E-state index is -0.859. The lowest BCUT2D eigenvalue weighted by molar-refractivity contribution is -0.127. The van der Waals surface area contributed by atoms with Gasteiger partial charge in [-0.3, -0.25) is 4.79 Å². The molecule has 3 amide bonds. The van der Waals surface area contributed by atoms with E-state index < -0.39 is 5.54 Å². The third-order valence-electron chi connectivity index (χ3n) is 5.43. The van der Waals surface area contributed by atoms with Gasteiger partial charge in [-0.05, 0) is 45.2 Å². The average molecular weight is 383 g/mol. The lowest BCUT2D eigenvalue weighted by Crippen LogP contribution is -2.59. The Kier molecular flexibility index (Phi) is 6.07. The normalized spacial score (nSPS) is 16.4. The van der Waals surface area contributed by atoms with Crippen molar-refractivity contribution in [3.8, 4) is 0 Å². The summed E-state index contributed by atoms with van der Waals surface area (Å²) < 4.78 is 5.58. The molecular formula is C22H29N3O3. The van der Waals surface area contributed by atoms with E-state index in [-0.39, 0.29) is 18.0 Å². The molecular weight excluding hydrogens is 354 g/mol. The fourth-order valence-corrected chi connectivity index (χ4v) is 3.92. The summed E-state index contributed by atoms with van der Waals surface area (Å²) in [6, 6.07) is 11.2. The molecule has 3 rings (SSSR count). The van der Waals surface area contributed by atoms with Crippen molar-refractivity contribution in [3.63, 3.8) is 0 Å². The summed E-state index contributed by atoms with van der Waals surface area (Å²) in [5.74, 6) is 1.49. The Morgan fingerprint density at radius 1 is 1.14 bits per heavy atom. The van der Waals surface area contributed by atoms with E-state index >= 15 is 0 Å². The van der Waals surface area contributed by atoms with Crippen LogP contribution in [0.15, 0.2) is 40.8 Å². The van der Waals surface area contributed by atoms with E-state index in [1.54, 1.807) is 0 Å². The van der Waals surface area contributed by atoms with Crippen LogP contribution in [0.4, 0.5) is 4.79 Å². The summed E-state index contributed by atoms with van der Waals surface area (Å²) >= 11 is 0. The molecule has 0 bridgehead atoms.